The fraction of sp³-hybridized carbons (Fsp3) is 0.467. The third-order valence-electron chi connectivity index (χ3n) is 3.67. The van der Waals surface area contributed by atoms with Crippen molar-refractivity contribution in [3.8, 4) is 0 Å². The predicted octanol–water partition coefficient (Wildman–Crippen LogP) is 2.13. The summed E-state index contributed by atoms with van der Waals surface area (Å²) < 4.78 is 13.6. The smallest absolute Gasteiger partial charge is 0.303 e. The number of amides is 1. The van der Waals surface area contributed by atoms with Crippen molar-refractivity contribution >= 4 is 11.9 Å². The molecule has 2 rings (SSSR count). The molecule has 5 heteroatoms. The first kappa shape index (κ1) is 14.5. The number of carbonyl (C=O) groups is 2. The number of rotatable bonds is 7. The van der Waals surface area contributed by atoms with E-state index in [1.165, 1.54) is 6.07 Å². The number of carbonyl (C=O) groups excluding carboxylic acids is 1. The van der Waals surface area contributed by atoms with Crippen LogP contribution in [0, 0.1) is 11.2 Å². The lowest BCUT2D eigenvalue weighted by molar-refractivity contribution is -0.137. The molecule has 0 saturated heterocycles. The Morgan fingerprint density at radius 1 is 1.30 bits per heavy atom. The van der Waals surface area contributed by atoms with E-state index in [9.17, 15) is 14.0 Å². The summed E-state index contributed by atoms with van der Waals surface area (Å²) in [4.78, 5) is 22.5. The summed E-state index contributed by atoms with van der Waals surface area (Å²) in [5.41, 5.74) is 0.0662. The minimum atomic E-state index is -0.869. The molecule has 2 N–H and O–H groups in total. The summed E-state index contributed by atoms with van der Waals surface area (Å²) in [6.45, 7) is 0.351. The van der Waals surface area contributed by atoms with E-state index in [1.54, 1.807) is 18.2 Å². The van der Waals surface area contributed by atoms with Crippen molar-refractivity contribution in [3.05, 3.63) is 35.6 Å². The van der Waals surface area contributed by atoms with E-state index in [4.69, 9.17) is 5.11 Å². The molecule has 0 aromatic heterocycles. The average Bonchev–Trinajstić information content (AvgIpc) is 3.18. The van der Waals surface area contributed by atoms with E-state index in [1.807, 2.05) is 0 Å². The van der Waals surface area contributed by atoms with E-state index in [-0.39, 0.29) is 18.1 Å². The van der Waals surface area contributed by atoms with Gasteiger partial charge in [0.15, 0.2) is 0 Å². The van der Waals surface area contributed by atoms with E-state index < -0.39 is 11.4 Å². The van der Waals surface area contributed by atoms with Crippen LogP contribution in [0.4, 0.5) is 4.39 Å². The molecule has 0 unspecified atom stereocenters. The number of nitrogens with one attached hydrogen (secondary N) is 1. The second-order valence-electron chi connectivity index (χ2n) is 5.30. The predicted molar refractivity (Wildman–Crippen MR) is 71.7 cm³/mol. The SMILES string of the molecule is O=C(O)CCCNC(=O)C1(Cc2ccccc2F)CC1. The van der Waals surface area contributed by atoms with E-state index in [0.29, 0.717) is 24.9 Å². The Morgan fingerprint density at radius 3 is 2.60 bits per heavy atom. The summed E-state index contributed by atoms with van der Waals surface area (Å²) in [5, 5.41) is 11.3. The standard InChI is InChI=1S/C15H18FNO3/c16-12-5-2-1-4-11(12)10-15(7-8-15)14(20)17-9-3-6-13(18)19/h1-2,4-5H,3,6-10H2,(H,17,20)(H,18,19). The minimum absolute atomic E-state index is 0.0423. The van der Waals surface area contributed by atoms with E-state index in [2.05, 4.69) is 5.32 Å². The summed E-state index contributed by atoms with van der Waals surface area (Å²) in [7, 11) is 0. The fourth-order valence-corrected chi connectivity index (χ4v) is 2.27. The molecule has 1 amide bonds. The number of hydrogen-bond acceptors (Lipinski definition) is 2. The second kappa shape index (κ2) is 6.03. The van der Waals surface area contributed by atoms with Crippen LogP contribution in [0.15, 0.2) is 24.3 Å². The van der Waals surface area contributed by atoms with Crippen molar-refractivity contribution in [2.24, 2.45) is 5.41 Å². The zero-order valence-electron chi connectivity index (χ0n) is 11.2. The molecule has 0 radical (unpaired) electrons. The van der Waals surface area contributed by atoms with Gasteiger partial charge in [0.1, 0.15) is 5.82 Å². The lowest BCUT2D eigenvalue weighted by Gasteiger charge is -2.15. The highest BCUT2D eigenvalue weighted by atomic mass is 19.1. The first-order chi connectivity index (χ1) is 9.53. The van der Waals surface area contributed by atoms with Crippen LogP contribution in [-0.2, 0) is 16.0 Å². The van der Waals surface area contributed by atoms with Gasteiger partial charge in [-0.15, -0.1) is 0 Å². The Bertz CT molecular complexity index is 512. The highest BCUT2D eigenvalue weighted by Crippen LogP contribution is 2.48. The molecule has 1 aliphatic rings. The molecule has 0 aliphatic heterocycles. The van der Waals surface area contributed by atoms with Crippen molar-refractivity contribution < 1.29 is 19.1 Å². The lowest BCUT2D eigenvalue weighted by atomic mass is 9.95. The molecule has 1 aromatic carbocycles. The maximum atomic E-state index is 13.6. The number of carboxylic acid groups (broad SMARTS) is 1. The number of hydrogen-bond donors (Lipinski definition) is 2. The van der Waals surface area contributed by atoms with E-state index in [0.717, 1.165) is 12.8 Å². The number of carboxylic acids is 1. The van der Waals surface area contributed by atoms with Gasteiger partial charge in [0.25, 0.3) is 0 Å². The molecule has 1 saturated carbocycles. The van der Waals surface area contributed by atoms with Crippen LogP contribution in [-0.4, -0.2) is 23.5 Å². The summed E-state index contributed by atoms with van der Waals surface area (Å²) in [5.74, 6) is -1.24. The van der Waals surface area contributed by atoms with E-state index >= 15 is 0 Å². The maximum absolute atomic E-state index is 13.6. The molecule has 20 heavy (non-hydrogen) atoms. The zero-order valence-corrected chi connectivity index (χ0v) is 11.2. The minimum Gasteiger partial charge on any atom is -0.481 e. The Morgan fingerprint density at radius 2 is 2.00 bits per heavy atom. The molecule has 4 nitrogen and oxygen atoms in total. The summed E-state index contributed by atoms with van der Waals surface area (Å²) in [6.07, 6.45) is 2.38. The third-order valence-corrected chi connectivity index (χ3v) is 3.67. The number of benzene rings is 1. The molecule has 1 aromatic rings. The maximum Gasteiger partial charge on any atom is 0.303 e. The van der Waals surface area contributed by atoms with Crippen molar-refractivity contribution in [2.45, 2.75) is 32.1 Å². The van der Waals surface area contributed by atoms with Gasteiger partial charge in [-0.3, -0.25) is 9.59 Å². The number of aliphatic carboxylic acids is 1. The highest BCUT2D eigenvalue weighted by molar-refractivity contribution is 5.85. The van der Waals surface area contributed by atoms with Gasteiger partial charge in [-0.1, -0.05) is 18.2 Å². The van der Waals surface area contributed by atoms with Crippen LogP contribution in [0.25, 0.3) is 0 Å². The molecule has 1 fully saturated rings. The van der Waals surface area contributed by atoms with Gasteiger partial charge in [-0.05, 0) is 37.3 Å². The van der Waals surface area contributed by atoms with Gasteiger partial charge >= 0.3 is 5.97 Å². The van der Waals surface area contributed by atoms with Crippen molar-refractivity contribution in [1.82, 2.24) is 5.32 Å². The van der Waals surface area contributed by atoms with Crippen LogP contribution in [0.2, 0.25) is 0 Å². The first-order valence-electron chi connectivity index (χ1n) is 6.77. The molecule has 0 atom stereocenters. The van der Waals surface area contributed by atoms with Gasteiger partial charge in [0.2, 0.25) is 5.91 Å². The Labute approximate surface area is 117 Å². The topological polar surface area (TPSA) is 66.4 Å². The van der Waals surface area contributed by atoms with Crippen molar-refractivity contribution in [2.75, 3.05) is 6.54 Å². The summed E-state index contributed by atoms with van der Waals surface area (Å²) in [6, 6.07) is 6.49. The number of halogens is 1. The second-order valence-corrected chi connectivity index (χ2v) is 5.30. The van der Waals surface area contributed by atoms with Gasteiger partial charge in [0, 0.05) is 13.0 Å². The molecule has 0 spiro atoms. The molecule has 0 heterocycles. The van der Waals surface area contributed by atoms with Crippen LogP contribution < -0.4 is 5.32 Å². The monoisotopic (exact) mass is 279 g/mol. The molecular weight excluding hydrogens is 261 g/mol. The molecule has 1 aliphatic carbocycles. The molecular formula is C15H18FNO3. The quantitative estimate of drug-likeness (QED) is 0.751. The third kappa shape index (κ3) is 3.56. The van der Waals surface area contributed by atoms with Crippen molar-refractivity contribution in [1.29, 1.82) is 0 Å². The van der Waals surface area contributed by atoms with Gasteiger partial charge in [-0.25, -0.2) is 4.39 Å². The van der Waals surface area contributed by atoms with Crippen LogP contribution in [0.3, 0.4) is 0 Å². The zero-order chi connectivity index (χ0) is 14.6. The summed E-state index contributed by atoms with van der Waals surface area (Å²) >= 11 is 0. The Balaban J connectivity index is 1.86. The van der Waals surface area contributed by atoms with Gasteiger partial charge in [0.05, 0.1) is 5.41 Å². The van der Waals surface area contributed by atoms with Crippen LogP contribution in [0.5, 0.6) is 0 Å². The Hall–Kier alpha value is -1.91. The largest absolute Gasteiger partial charge is 0.481 e. The molecule has 108 valence electrons. The van der Waals surface area contributed by atoms with Crippen LogP contribution in [0.1, 0.15) is 31.2 Å². The highest BCUT2D eigenvalue weighted by Gasteiger charge is 2.49. The van der Waals surface area contributed by atoms with Gasteiger partial charge < -0.3 is 10.4 Å². The fourth-order valence-electron chi connectivity index (χ4n) is 2.27. The van der Waals surface area contributed by atoms with Crippen molar-refractivity contribution in [3.63, 3.8) is 0 Å². The van der Waals surface area contributed by atoms with Crippen LogP contribution >= 0.6 is 0 Å². The van der Waals surface area contributed by atoms with Gasteiger partial charge in [-0.2, -0.15) is 0 Å². The Kier molecular flexibility index (Phi) is 4.37. The normalized spacial score (nSPS) is 15.7. The average molecular weight is 279 g/mol. The molecule has 0 bridgehead atoms. The lowest BCUT2D eigenvalue weighted by Crippen LogP contribution is -2.34. The first-order valence-corrected chi connectivity index (χ1v) is 6.77.